The molecule has 1 aromatic carbocycles. The first-order valence-corrected chi connectivity index (χ1v) is 6.01. The number of halogens is 1. The molecule has 0 unspecified atom stereocenters. The van der Waals surface area contributed by atoms with Crippen LogP contribution in [-0.4, -0.2) is 14.7 Å². The van der Waals surface area contributed by atoms with E-state index in [1.54, 1.807) is 23.0 Å². The second kappa shape index (κ2) is 5.18. The van der Waals surface area contributed by atoms with Crippen molar-refractivity contribution in [3.8, 4) is 0 Å². The normalized spacial score (nSPS) is 10.3. The quantitative estimate of drug-likeness (QED) is 0.696. The molecule has 0 fully saturated rings. The Kier molecular flexibility index (Phi) is 3.61. The zero-order valence-electron chi connectivity index (χ0n) is 9.63. The third kappa shape index (κ3) is 2.86. The second-order valence-electron chi connectivity index (χ2n) is 3.79. The Balaban J connectivity index is 2.17. The number of aromatic nitrogens is 2. The fourth-order valence-corrected chi connectivity index (χ4v) is 1.99. The molecule has 1 heterocycles. The smallest absolute Gasteiger partial charge is 0.274 e. The van der Waals surface area contributed by atoms with Gasteiger partial charge in [0.05, 0.1) is 16.8 Å². The summed E-state index contributed by atoms with van der Waals surface area (Å²) in [4.78, 5) is 10.5. The summed E-state index contributed by atoms with van der Waals surface area (Å²) >= 11 is 3.31. The van der Waals surface area contributed by atoms with Gasteiger partial charge >= 0.3 is 0 Å². The van der Waals surface area contributed by atoms with Crippen LogP contribution in [0.4, 0.5) is 11.4 Å². The molecule has 1 aromatic heterocycles. The molecule has 0 bridgehead atoms. The summed E-state index contributed by atoms with van der Waals surface area (Å²) in [5.41, 5.74) is 1.56. The lowest BCUT2D eigenvalue weighted by atomic mass is 10.2. The molecule has 0 aliphatic heterocycles. The van der Waals surface area contributed by atoms with Crippen molar-refractivity contribution >= 4 is 27.3 Å². The van der Waals surface area contributed by atoms with Crippen molar-refractivity contribution in [2.24, 2.45) is 7.05 Å². The van der Waals surface area contributed by atoms with Crippen molar-refractivity contribution in [1.82, 2.24) is 9.78 Å². The Hall–Kier alpha value is -1.89. The fourth-order valence-electron chi connectivity index (χ4n) is 1.58. The first-order chi connectivity index (χ1) is 8.56. The van der Waals surface area contributed by atoms with Gasteiger partial charge in [-0.05, 0) is 12.1 Å². The summed E-state index contributed by atoms with van der Waals surface area (Å²) in [6, 6.07) is 4.89. The van der Waals surface area contributed by atoms with Crippen LogP contribution in [0, 0.1) is 10.1 Å². The van der Waals surface area contributed by atoms with E-state index in [9.17, 15) is 10.1 Å². The first-order valence-electron chi connectivity index (χ1n) is 5.21. The largest absolute Gasteiger partial charge is 0.378 e. The van der Waals surface area contributed by atoms with Crippen molar-refractivity contribution in [2.45, 2.75) is 6.54 Å². The average molecular weight is 311 g/mol. The van der Waals surface area contributed by atoms with Gasteiger partial charge in [-0.2, -0.15) is 5.10 Å². The molecule has 0 saturated heterocycles. The fraction of sp³-hybridized carbons (Fsp3) is 0.182. The second-order valence-corrected chi connectivity index (χ2v) is 4.70. The highest BCUT2D eigenvalue weighted by molar-refractivity contribution is 9.10. The topological polar surface area (TPSA) is 73.0 Å². The van der Waals surface area contributed by atoms with Crippen molar-refractivity contribution in [3.63, 3.8) is 0 Å². The number of aryl methyl sites for hydroxylation is 1. The highest BCUT2D eigenvalue weighted by Crippen LogP contribution is 2.23. The predicted molar refractivity (Wildman–Crippen MR) is 71.3 cm³/mol. The molecular formula is C11H11BrN4O2. The molecule has 0 spiro atoms. The maximum Gasteiger partial charge on any atom is 0.274 e. The molecule has 0 aliphatic carbocycles. The monoisotopic (exact) mass is 310 g/mol. The van der Waals surface area contributed by atoms with Crippen LogP contribution in [0.2, 0.25) is 0 Å². The van der Waals surface area contributed by atoms with Crippen LogP contribution in [0.1, 0.15) is 5.56 Å². The SMILES string of the molecule is Cn1cc(NCc2cc(Br)ccc2[N+](=O)[O-])cn1. The number of nitro benzene ring substituents is 1. The Morgan fingerprint density at radius 1 is 1.56 bits per heavy atom. The van der Waals surface area contributed by atoms with E-state index in [1.165, 1.54) is 6.07 Å². The molecule has 0 amide bonds. The molecule has 0 saturated carbocycles. The van der Waals surface area contributed by atoms with Gasteiger partial charge in [0, 0.05) is 35.9 Å². The molecular weight excluding hydrogens is 300 g/mol. The molecule has 1 N–H and O–H groups in total. The van der Waals surface area contributed by atoms with E-state index in [0.717, 1.165) is 10.2 Å². The Morgan fingerprint density at radius 2 is 2.33 bits per heavy atom. The summed E-state index contributed by atoms with van der Waals surface area (Å²) in [7, 11) is 1.81. The van der Waals surface area contributed by atoms with Crippen LogP contribution < -0.4 is 5.32 Å². The zero-order valence-corrected chi connectivity index (χ0v) is 11.2. The summed E-state index contributed by atoms with van der Waals surface area (Å²) in [6.45, 7) is 0.376. The van der Waals surface area contributed by atoms with Crippen LogP contribution >= 0.6 is 15.9 Å². The van der Waals surface area contributed by atoms with Gasteiger partial charge < -0.3 is 5.32 Å². The minimum Gasteiger partial charge on any atom is -0.378 e. The molecule has 2 aromatic rings. The number of hydrogen-bond acceptors (Lipinski definition) is 4. The lowest BCUT2D eigenvalue weighted by Crippen LogP contribution is -2.02. The van der Waals surface area contributed by atoms with Gasteiger partial charge in [-0.25, -0.2) is 0 Å². The van der Waals surface area contributed by atoms with Gasteiger partial charge in [0.1, 0.15) is 0 Å². The maximum absolute atomic E-state index is 10.9. The van der Waals surface area contributed by atoms with Gasteiger partial charge in [0.25, 0.3) is 5.69 Å². The molecule has 6 nitrogen and oxygen atoms in total. The van der Waals surface area contributed by atoms with Crippen LogP contribution in [0.15, 0.2) is 35.1 Å². The molecule has 94 valence electrons. The third-order valence-corrected chi connectivity index (χ3v) is 2.92. The Labute approximate surface area is 112 Å². The van der Waals surface area contributed by atoms with Gasteiger partial charge in [-0.3, -0.25) is 14.8 Å². The van der Waals surface area contributed by atoms with E-state index < -0.39 is 0 Å². The minimum absolute atomic E-state index is 0.106. The standard InChI is InChI=1S/C11H11BrN4O2/c1-15-7-10(6-14-15)13-5-8-4-9(12)2-3-11(8)16(17)18/h2-4,6-7,13H,5H2,1H3. The highest BCUT2D eigenvalue weighted by Gasteiger charge is 2.13. The number of nitrogens with one attached hydrogen (secondary N) is 1. The Morgan fingerprint density at radius 3 is 2.94 bits per heavy atom. The van der Waals surface area contributed by atoms with Crippen LogP contribution in [-0.2, 0) is 13.6 Å². The summed E-state index contributed by atoms with van der Waals surface area (Å²) in [6.07, 6.45) is 3.48. The Bertz CT molecular complexity index is 582. The molecule has 7 heteroatoms. The van der Waals surface area contributed by atoms with E-state index in [0.29, 0.717) is 12.1 Å². The highest BCUT2D eigenvalue weighted by atomic mass is 79.9. The number of nitrogens with zero attached hydrogens (tertiary/aromatic N) is 3. The number of nitro groups is 1. The van der Waals surface area contributed by atoms with E-state index in [1.807, 2.05) is 13.2 Å². The van der Waals surface area contributed by atoms with Gasteiger partial charge in [-0.15, -0.1) is 0 Å². The summed E-state index contributed by atoms with van der Waals surface area (Å²) in [5.74, 6) is 0. The van der Waals surface area contributed by atoms with E-state index in [2.05, 4.69) is 26.3 Å². The van der Waals surface area contributed by atoms with Gasteiger partial charge in [0.15, 0.2) is 0 Å². The van der Waals surface area contributed by atoms with Crippen molar-refractivity contribution in [2.75, 3.05) is 5.32 Å². The minimum atomic E-state index is -0.382. The summed E-state index contributed by atoms with van der Waals surface area (Å²) < 4.78 is 2.48. The molecule has 18 heavy (non-hydrogen) atoms. The summed E-state index contributed by atoms with van der Waals surface area (Å²) in [5, 5.41) is 18.0. The van der Waals surface area contributed by atoms with Crippen molar-refractivity contribution in [3.05, 3.63) is 50.7 Å². The predicted octanol–water partition coefficient (Wildman–Crippen LogP) is 2.70. The van der Waals surface area contributed by atoms with E-state index in [4.69, 9.17) is 0 Å². The van der Waals surface area contributed by atoms with Gasteiger partial charge in [-0.1, -0.05) is 15.9 Å². The molecule has 2 rings (SSSR count). The average Bonchev–Trinajstić information content (AvgIpc) is 2.72. The third-order valence-electron chi connectivity index (χ3n) is 2.43. The molecule has 0 atom stereocenters. The van der Waals surface area contributed by atoms with E-state index in [-0.39, 0.29) is 10.6 Å². The lowest BCUT2D eigenvalue weighted by Gasteiger charge is -2.05. The number of benzene rings is 1. The lowest BCUT2D eigenvalue weighted by molar-refractivity contribution is -0.385. The zero-order chi connectivity index (χ0) is 13.1. The maximum atomic E-state index is 10.9. The van der Waals surface area contributed by atoms with Crippen LogP contribution in [0.25, 0.3) is 0 Å². The number of hydrogen-bond donors (Lipinski definition) is 1. The van der Waals surface area contributed by atoms with Crippen molar-refractivity contribution in [1.29, 1.82) is 0 Å². The van der Waals surface area contributed by atoms with Crippen molar-refractivity contribution < 1.29 is 4.92 Å². The molecule has 0 aliphatic rings. The van der Waals surface area contributed by atoms with E-state index >= 15 is 0 Å². The van der Waals surface area contributed by atoms with Gasteiger partial charge in [0.2, 0.25) is 0 Å². The number of rotatable bonds is 4. The van der Waals surface area contributed by atoms with Crippen LogP contribution in [0.3, 0.4) is 0 Å². The van der Waals surface area contributed by atoms with Crippen LogP contribution in [0.5, 0.6) is 0 Å². The first kappa shape index (κ1) is 12.6. The number of anilines is 1. The molecule has 0 radical (unpaired) electrons.